The van der Waals surface area contributed by atoms with Gasteiger partial charge in [0.2, 0.25) is 0 Å². The standard InChI is InChI=1S/C21H21N5S2/c1-14-9-11-18(12-10-14)28-25(17-7-5-4-6-8-17)13-19-23-21-22-15(2)20(27)16(3)26(21)24-19/h4-12,27H,13H2,1-3H3. The normalized spacial score (nSPS) is 11.1. The molecule has 2 aromatic heterocycles. The molecule has 0 amide bonds. The van der Waals surface area contributed by atoms with Crippen LogP contribution in [0.3, 0.4) is 0 Å². The van der Waals surface area contributed by atoms with Crippen molar-refractivity contribution in [1.82, 2.24) is 19.6 Å². The van der Waals surface area contributed by atoms with Gasteiger partial charge in [-0.25, -0.2) is 9.50 Å². The molecular formula is C21H21N5S2. The second kappa shape index (κ2) is 7.85. The van der Waals surface area contributed by atoms with Gasteiger partial charge in [0.05, 0.1) is 17.9 Å². The summed E-state index contributed by atoms with van der Waals surface area (Å²) in [5.74, 6) is 1.33. The van der Waals surface area contributed by atoms with Gasteiger partial charge in [0.25, 0.3) is 5.78 Å². The third-order valence-corrected chi connectivity index (χ3v) is 6.16. The molecule has 7 heteroatoms. The van der Waals surface area contributed by atoms with Crippen LogP contribution in [0.2, 0.25) is 0 Å². The Morgan fingerprint density at radius 3 is 2.39 bits per heavy atom. The zero-order valence-electron chi connectivity index (χ0n) is 16.0. The summed E-state index contributed by atoms with van der Waals surface area (Å²) in [5.41, 5.74) is 4.16. The predicted octanol–water partition coefficient (Wildman–Crippen LogP) is 5.05. The summed E-state index contributed by atoms with van der Waals surface area (Å²) in [6.45, 7) is 6.58. The maximum Gasteiger partial charge on any atom is 0.253 e. The summed E-state index contributed by atoms with van der Waals surface area (Å²) in [6, 6.07) is 18.8. The van der Waals surface area contributed by atoms with Crippen LogP contribution in [0.1, 0.15) is 22.8 Å². The van der Waals surface area contributed by atoms with Gasteiger partial charge in [-0.1, -0.05) is 35.9 Å². The van der Waals surface area contributed by atoms with Crippen LogP contribution in [0, 0.1) is 20.8 Å². The summed E-state index contributed by atoms with van der Waals surface area (Å²) in [5, 5.41) is 4.67. The van der Waals surface area contributed by atoms with Crippen LogP contribution < -0.4 is 4.31 Å². The van der Waals surface area contributed by atoms with Crippen molar-refractivity contribution in [2.75, 3.05) is 4.31 Å². The summed E-state index contributed by atoms with van der Waals surface area (Å²) < 4.78 is 3.97. The van der Waals surface area contributed by atoms with Crippen molar-refractivity contribution in [3.63, 3.8) is 0 Å². The van der Waals surface area contributed by atoms with Crippen molar-refractivity contribution in [2.45, 2.75) is 37.1 Å². The Labute approximate surface area is 174 Å². The molecule has 0 saturated heterocycles. The van der Waals surface area contributed by atoms with E-state index in [4.69, 9.17) is 0 Å². The Balaban J connectivity index is 1.68. The number of thiol groups is 1. The van der Waals surface area contributed by atoms with Crippen molar-refractivity contribution in [1.29, 1.82) is 0 Å². The minimum Gasteiger partial charge on any atom is -0.304 e. The summed E-state index contributed by atoms with van der Waals surface area (Å²) in [7, 11) is 0. The topological polar surface area (TPSA) is 46.3 Å². The van der Waals surface area contributed by atoms with Gasteiger partial charge >= 0.3 is 0 Å². The minimum absolute atomic E-state index is 0.562. The Morgan fingerprint density at radius 1 is 0.964 bits per heavy atom. The third-order valence-electron chi connectivity index (χ3n) is 4.47. The zero-order valence-corrected chi connectivity index (χ0v) is 17.7. The molecule has 5 nitrogen and oxygen atoms in total. The molecule has 0 atom stereocenters. The van der Waals surface area contributed by atoms with Crippen LogP contribution in [-0.4, -0.2) is 19.6 Å². The fraction of sp³-hybridized carbons (Fsp3) is 0.190. The van der Waals surface area contributed by atoms with Gasteiger partial charge in [0, 0.05) is 15.5 Å². The smallest absolute Gasteiger partial charge is 0.253 e. The summed E-state index contributed by atoms with van der Waals surface area (Å²) >= 11 is 6.21. The van der Waals surface area contributed by atoms with Crippen molar-refractivity contribution in [3.8, 4) is 0 Å². The molecule has 0 aliphatic heterocycles. The Bertz CT molecular complexity index is 1110. The number of anilines is 1. The van der Waals surface area contributed by atoms with Crippen LogP contribution in [0.25, 0.3) is 5.78 Å². The van der Waals surface area contributed by atoms with Crippen LogP contribution in [-0.2, 0) is 6.54 Å². The van der Waals surface area contributed by atoms with Crippen LogP contribution >= 0.6 is 24.6 Å². The van der Waals surface area contributed by atoms with Gasteiger partial charge in [-0.05, 0) is 57.0 Å². The second-order valence-electron chi connectivity index (χ2n) is 6.65. The number of rotatable bonds is 5. The molecule has 0 aliphatic rings. The van der Waals surface area contributed by atoms with Crippen LogP contribution in [0.5, 0.6) is 0 Å². The summed E-state index contributed by atoms with van der Waals surface area (Å²) in [4.78, 5) is 11.2. The molecule has 142 valence electrons. The molecule has 0 aliphatic carbocycles. The first kappa shape index (κ1) is 18.8. The van der Waals surface area contributed by atoms with E-state index in [2.05, 4.69) is 75.3 Å². The Hall–Kier alpha value is -2.51. The Morgan fingerprint density at radius 2 is 1.68 bits per heavy atom. The minimum atomic E-state index is 0.562. The Kier molecular flexibility index (Phi) is 5.28. The number of hydrogen-bond donors (Lipinski definition) is 1. The van der Waals surface area contributed by atoms with Gasteiger partial charge in [-0.15, -0.1) is 17.7 Å². The van der Waals surface area contributed by atoms with Gasteiger partial charge < -0.3 is 4.31 Å². The quantitative estimate of drug-likeness (QED) is 0.370. The lowest BCUT2D eigenvalue weighted by Crippen LogP contribution is -2.15. The van der Waals surface area contributed by atoms with Crippen molar-refractivity contribution >= 4 is 36.0 Å². The number of aryl methyl sites for hydroxylation is 3. The first-order valence-electron chi connectivity index (χ1n) is 9.00. The van der Waals surface area contributed by atoms with Crippen LogP contribution in [0.15, 0.2) is 64.4 Å². The molecule has 4 rings (SSSR count). The van der Waals surface area contributed by atoms with Crippen molar-refractivity contribution in [2.24, 2.45) is 0 Å². The molecule has 2 aromatic carbocycles. The highest BCUT2D eigenvalue weighted by Crippen LogP contribution is 2.30. The fourth-order valence-corrected chi connectivity index (χ4v) is 3.96. The molecule has 0 fully saturated rings. The summed E-state index contributed by atoms with van der Waals surface area (Å²) in [6.07, 6.45) is 0. The van der Waals surface area contributed by atoms with E-state index in [-0.39, 0.29) is 0 Å². The third kappa shape index (κ3) is 3.86. The molecule has 28 heavy (non-hydrogen) atoms. The molecule has 0 spiro atoms. The van der Waals surface area contributed by atoms with E-state index in [1.807, 2.05) is 32.0 Å². The van der Waals surface area contributed by atoms with E-state index < -0.39 is 0 Å². The molecule has 0 N–H and O–H groups in total. The van der Waals surface area contributed by atoms with E-state index >= 15 is 0 Å². The van der Waals surface area contributed by atoms with Gasteiger partial charge in [-0.3, -0.25) is 0 Å². The van der Waals surface area contributed by atoms with Crippen molar-refractivity contribution < 1.29 is 0 Å². The van der Waals surface area contributed by atoms with E-state index in [9.17, 15) is 0 Å². The number of para-hydroxylation sites is 1. The maximum absolute atomic E-state index is 4.67. The first-order chi connectivity index (χ1) is 13.5. The average Bonchev–Trinajstić information content (AvgIpc) is 3.10. The van der Waals surface area contributed by atoms with Crippen molar-refractivity contribution in [3.05, 3.63) is 77.4 Å². The number of aromatic nitrogens is 4. The highest BCUT2D eigenvalue weighted by atomic mass is 32.2. The number of fused-ring (bicyclic) bond motifs is 1. The highest BCUT2D eigenvalue weighted by Gasteiger charge is 2.16. The lowest BCUT2D eigenvalue weighted by Gasteiger charge is -2.22. The molecule has 0 unspecified atom stereocenters. The first-order valence-corrected chi connectivity index (χ1v) is 10.2. The molecule has 0 bridgehead atoms. The van der Waals surface area contributed by atoms with Gasteiger partial charge in [0.1, 0.15) is 0 Å². The monoisotopic (exact) mass is 407 g/mol. The fourth-order valence-electron chi connectivity index (χ4n) is 2.90. The maximum atomic E-state index is 4.67. The number of benzene rings is 2. The van der Waals surface area contributed by atoms with E-state index in [1.165, 1.54) is 10.5 Å². The molecular weight excluding hydrogens is 386 g/mol. The van der Waals surface area contributed by atoms with Crippen LogP contribution in [0.4, 0.5) is 5.69 Å². The van der Waals surface area contributed by atoms with E-state index in [0.29, 0.717) is 12.3 Å². The second-order valence-corrected chi connectivity index (χ2v) is 8.19. The molecule has 4 aromatic rings. The lowest BCUT2D eigenvalue weighted by molar-refractivity contribution is 0.816. The number of nitrogens with zero attached hydrogens (tertiary/aromatic N) is 5. The van der Waals surface area contributed by atoms with Gasteiger partial charge in [-0.2, -0.15) is 4.98 Å². The predicted molar refractivity (Wildman–Crippen MR) is 117 cm³/mol. The largest absolute Gasteiger partial charge is 0.304 e. The zero-order chi connectivity index (χ0) is 19.7. The lowest BCUT2D eigenvalue weighted by atomic mass is 10.2. The van der Waals surface area contributed by atoms with E-state index in [1.54, 1.807) is 16.5 Å². The molecule has 2 heterocycles. The number of hydrogen-bond acceptors (Lipinski definition) is 6. The molecule has 0 saturated carbocycles. The average molecular weight is 408 g/mol. The highest BCUT2D eigenvalue weighted by molar-refractivity contribution is 8.00. The SMILES string of the molecule is Cc1ccc(SN(Cc2nc3nc(C)c(S)c(C)n3n2)c2ccccc2)cc1. The van der Waals surface area contributed by atoms with E-state index in [0.717, 1.165) is 27.8 Å². The van der Waals surface area contributed by atoms with Gasteiger partial charge in [0.15, 0.2) is 5.82 Å². The molecule has 0 radical (unpaired) electrons.